The molecule has 0 radical (unpaired) electrons. The van der Waals surface area contributed by atoms with E-state index in [2.05, 4.69) is 6.58 Å². The molecule has 0 bridgehead atoms. The van der Waals surface area contributed by atoms with E-state index >= 15 is 0 Å². The van der Waals surface area contributed by atoms with Gasteiger partial charge in [0.1, 0.15) is 0 Å². The number of carbonyl (C=O) groups is 1. The molecule has 1 fully saturated rings. The van der Waals surface area contributed by atoms with E-state index in [-0.39, 0.29) is 34.6 Å². The Kier molecular flexibility index (Phi) is 5.32. The number of ketones is 1. The van der Waals surface area contributed by atoms with Crippen LogP contribution in [0.25, 0.3) is 5.57 Å². The molecule has 1 aromatic carbocycles. The first-order chi connectivity index (χ1) is 10.3. The molecule has 0 aromatic heterocycles. The average Bonchev–Trinajstić information content (AvgIpc) is 2.48. The number of carbonyl (C=O) groups excluding carboxylic acids is 1. The molecule has 0 N–H and O–H groups in total. The zero-order valence-corrected chi connectivity index (χ0v) is 12.9. The van der Waals surface area contributed by atoms with Crippen LogP contribution in [0.3, 0.4) is 0 Å². The highest BCUT2D eigenvalue weighted by molar-refractivity contribution is 6.21. The summed E-state index contributed by atoms with van der Waals surface area (Å²) in [5.41, 5.74) is -0.711. The van der Waals surface area contributed by atoms with Crippen LogP contribution in [0.1, 0.15) is 48.0 Å². The zero-order valence-electron chi connectivity index (χ0n) is 12.1. The van der Waals surface area contributed by atoms with Gasteiger partial charge in [0.2, 0.25) is 0 Å². The van der Waals surface area contributed by atoms with Crippen molar-refractivity contribution >= 4 is 23.0 Å². The van der Waals surface area contributed by atoms with Crippen LogP contribution < -0.4 is 0 Å². The lowest BCUT2D eigenvalue weighted by Crippen LogP contribution is -2.22. The molecule has 5 heteroatoms. The second kappa shape index (κ2) is 6.86. The number of alkyl halides is 4. The fourth-order valence-electron chi connectivity index (χ4n) is 2.79. The van der Waals surface area contributed by atoms with Crippen molar-refractivity contribution in [1.82, 2.24) is 0 Å². The normalized spacial score (nSPS) is 22.4. The number of benzene rings is 1. The van der Waals surface area contributed by atoms with Crippen LogP contribution in [0.5, 0.6) is 0 Å². The second-order valence-electron chi connectivity index (χ2n) is 5.74. The van der Waals surface area contributed by atoms with Crippen LogP contribution in [0.15, 0.2) is 30.8 Å². The van der Waals surface area contributed by atoms with E-state index in [1.54, 1.807) is 6.07 Å². The molecule has 1 aliphatic carbocycles. The molecule has 1 saturated carbocycles. The first-order valence-electron chi connectivity index (χ1n) is 7.33. The van der Waals surface area contributed by atoms with Crippen molar-refractivity contribution in [3.05, 3.63) is 42.0 Å². The van der Waals surface area contributed by atoms with Gasteiger partial charge in [0.05, 0.1) is 5.57 Å². The third-order valence-electron chi connectivity index (χ3n) is 4.14. The Bertz CT molecular complexity index is 565. The molecule has 1 aromatic rings. The minimum Gasteiger partial charge on any atom is -0.294 e. The molecule has 2 atom stereocenters. The molecule has 120 valence electrons. The lowest BCUT2D eigenvalue weighted by atomic mass is 9.84. The first-order valence-corrected chi connectivity index (χ1v) is 7.76. The monoisotopic (exact) mass is 330 g/mol. The summed E-state index contributed by atoms with van der Waals surface area (Å²) in [4.78, 5) is 12.3. The largest absolute Gasteiger partial charge is 0.416 e. The van der Waals surface area contributed by atoms with Crippen molar-refractivity contribution in [2.75, 3.05) is 0 Å². The summed E-state index contributed by atoms with van der Waals surface area (Å²) in [6.07, 6.45) is -0.298. The third kappa shape index (κ3) is 4.13. The SMILES string of the molecule is C=C(c1cccc(C(=O)C[C@H]2CCCC[C@@H]2Cl)c1)C(F)(F)F. The highest BCUT2D eigenvalue weighted by Crippen LogP contribution is 2.34. The van der Waals surface area contributed by atoms with Crippen LogP contribution in [0.2, 0.25) is 0 Å². The molecule has 1 nitrogen and oxygen atoms in total. The summed E-state index contributed by atoms with van der Waals surface area (Å²) in [5, 5.41) is -0.0222. The molecular weight excluding hydrogens is 313 g/mol. The van der Waals surface area contributed by atoms with Gasteiger partial charge in [0, 0.05) is 17.4 Å². The molecule has 0 heterocycles. The van der Waals surface area contributed by atoms with Gasteiger partial charge in [-0.1, -0.05) is 37.6 Å². The summed E-state index contributed by atoms with van der Waals surface area (Å²) in [6.45, 7) is 3.07. The van der Waals surface area contributed by atoms with Gasteiger partial charge in [-0.25, -0.2) is 0 Å². The van der Waals surface area contributed by atoms with Gasteiger partial charge in [0.15, 0.2) is 5.78 Å². The molecule has 0 saturated heterocycles. The summed E-state index contributed by atoms with van der Waals surface area (Å²) < 4.78 is 38.1. The Hall–Kier alpha value is -1.29. The van der Waals surface area contributed by atoms with Gasteiger partial charge >= 0.3 is 6.18 Å². The molecule has 0 aliphatic heterocycles. The minimum absolute atomic E-state index is 0.0222. The maximum atomic E-state index is 12.7. The summed E-state index contributed by atoms with van der Waals surface area (Å²) in [5.74, 6) is -0.0493. The van der Waals surface area contributed by atoms with Gasteiger partial charge in [-0.2, -0.15) is 13.2 Å². The number of rotatable bonds is 4. The topological polar surface area (TPSA) is 17.1 Å². The van der Waals surface area contributed by atoms with Crippen LogP contribution in [0.4, 0.5) is 13.2 Å². The Labute approximate surface area is 133 Å². The smallest absolute Gasteiger partial charge is 0.294 e. The zero-order chi connectivity index (χ0) is 16.3. The Balaban J connectivity index is 2.12. The van der Waals surface area contributed by atoms with E-state index in [1.807, 2.05) is 0 Å². The second-order valence-corrected chi connectivity index (χ2v) is 6.31. The lowest BCUT2D eigenvalue weighted by molar-refractivity contribution is -0.0686. The summed E-state index contributed by atoms with van der Waals surface area (Å²) in [7, 11) is 0. The van der Waals surface area contributed by atoms with Crippen LogP contribution in [-0.2, 0) is 0 Å². The van der Waals surface area contributed by atoms with Crippen LogP contribution in [0, 0.1) is 5.92 Å². The third-order valence-corrected chi connectivity index (χ3v) is 4.71. The van der Waals surface area contributed by atoms with Crippen molar-refractivity contribution < 1.29 is 18.0 Å². The standard InChI is InChI=1S/C17H18ClF3O/c1-11(17(19,20)21)12-6-4-7-14(9-12)16(22)10-13-5-2-3-8-15(13)18/h4,6-7,9,13,15H,1-3,5,8,10H2/t13-,15+/m1/s1. The molecule has 0 unspecified atom stereocenters. The molecule has 2 rings (SSSR count). The number of hydrogen-bond donors (Lipinski definition) is 0. The number of Topliss-reactive ketones (excluding diaryl/α,β-unsaturated/α-hetero) is 1. The van der Waals surface area contributed by atoms with E-state index in [4.69, 9.17) is 11.6 Å². The molecule has 0 spiro atoms. The average molecular weight is 331 g/mol. The maximum Gasteiger partial charge on any atom is 0.416 e. The van der Waals surface area contributed by atoms with Crippen molar-refractivity contribution in [2.24, 2.45) is 5.92 Å². The first kappa shape index (κ1) is 17.1. The van der Waals surface area contributed by atoms with Gasteiger partial charge in [-0.05, 0) is 30.4 Å². The van der Waals surface area contributed by atoms with Crippen LogP contribution in [-0.4, -0.2) is 17.3 Å². The van der Waals surface area contributed by atoms with Crippen molar-refractivity contribution in [2.45, 2.75) is 43.7 Å². The Morgan fingerprint density at radius 1 is 1.23 bits per heavy atom. The van der Waals surface area contributed by atoms with E-state index in [0.29, 0.717) is 0 Å². The van der Waals surface area contributed by atoms with Crippen LogP contribution >= 0.6 is 11.6 Å². The predicted octanol–water partition coefficient (Wildman–Crippen LogP) is 5.63. The fraction of sp³-hybridized carbons (Fsp3) is 0.471. The highest BCUT2D eigenvalue weighted by Gasteiger charge is 2.33. The van der Waals surface area contributed by atoms with Gasteiger partial charge in [-0.15, -0.1) is 11.6 Å². The summed E-state index contributed by atoms with van der Waals surface area (Å²) in [6, 6.07) is 5.59. The quantitative estimate of drug-likeness (QED) is 0.516. The molecule has 22 heavy (non-hydrogen) atoms. The minimum atomic E-state index is -4.49. The van der Waals surface area contributed by atoms with Crippen molar-refractivity contribution in [1.29, 1.82) is 0 Å². The predicted molar refractivity (Wildman–Crippen MR) is 82.1 cm³/mol. The number of halogens is 4. The highest BCUT2D eigenvalue weighted by atomic mass is 35.5. The van der Waals surface area contributed by atoms with Gasteiger partial charge < -0.3 is 0 Å². The molecular formula is C17H18ClF3O. The van der Waals surface area contributed by atoms with Crippen molar-refractivity contribution in [3.8, 4) is 0 Å². The van der Waals surface area contributed by atoms with Crippen molar-refractivity contribution in [3.63, 3.8) is 0 Å². The Morgan fingerprint density at radius 3 is 2.50 bits per heavy atom. The van der Waals surface area contributed by atoms with Gasteiger partial charge in [0.25, 0.3) is 0 Å². The maximum absolute atomic E-state index is 12.7. The van der Waals surface area contributed by atoms with E-state index in [0.717, 1.165) is 25.7 Å². The molecule has 1 aliphatic rings. The van der Waals surface area contributed by atoms with E-state index in [9.17, 15) is 18.0 Å². The van der Waals surface area contributed by atoms with Gasteiger partial charge in [-0.3, -0.25) is 4.79 Å². The van der Waals surface area contributed by atoms with E-state index in [1.165, 1.54) is 18.2 Å². The fourth-order valence-corrected chi connectivity index (χ4v) is 3.16. The number of hydrogen-bond acceptors (Lipinski definition) is 1. The lowest BCUT2D eigenvalue weighted by Gasteiger charge is -2.26. The summed E-state index contributed by atoms with van der Waals surface area (Å²) >= 11 is 6.24. The Morgan fingerprint density at radius 2 is 1.86 bits per heavy atom. The number of allylic oxidation sites excluding steroid dienone is 1. The van der Waals surface area contributed by atoms with E-state index < -0.39 is 11.7 Å². The molecule has 0 amide bonds.